The first kappa shape index (κ1) is 23.3. The number of hydrogen-bond acceptors (Lipinski definition) is 2. The van der Waals surface area contributed by atoms with Crippen molar-refractivity contribution in [2.75, 3.05) is 6.61 Å². The number of hydrogen-bond donors (Lipinski definition) is 0. The lowest BCUT2D eigenvalue weighted by Gasteiger charge is -2.05. The van der Waals surface area contributed by atoms with Crippen LogP contribution < -0.4 is 0 Å². The minimum absolute atomic E-state index is 0.256. The summed E-state index contributed by atoms with van der Waals surface area (Å²) in [5, 5.41) is 0. The largest absolute Gasteiger partial charge is 0.462 e. The van der Waals surface area contributed by atoms with Gasteiger partial charge in [-0.15, -0.1) is 6.42 Å². The van der Waals surface area contributed by atoms with E-state index in [1.165, 1.54) is 77.0 Å². The normalized spacial score (nSPS) is 10.5. The minimum atomic E-state index is -0.256. The monoisotopic (exact) mass is 370 g/mol. The smallest absolute Gasteiger partial charge is 0.338 e. The molecule has 0 heterocycles. The number of ether oxygens (including phenoxy) is 1. The van der Waals surface area contributed by atoms with Crippen molar-refractivity contribution in [3.63, 3.8) is 0 Å². The third-order valence-electron chi connectivity index (χ3n) is 5.02. The van der Waals surface area contributed by atoms with Gasteiger partial charge in [0, 0.05) is 5.56 Å². The Kier molecular flexibility index (Phi) is 14.2. The van der Waals surface area contributed by atoms with E-state index in [1.54, 1.807) is 24.3 Å². The van der Waals surface area contributed by atoms with E-state index >= 15 is 0 Å². The van der Waals surface area contributed by atoms with Gasteiger partial charge in [0.2, 0.25) is 0 Å². The molecule has 0 aliphatic heterocycles. The van der Waals surface area contributed by atoms with Gasteiger partial charge in [-0.25, -0.2) is 4.79 Å². The average Bonchev–Trinajstić information content (AvgIpc) is 2.70. The third kappa shape index (κ3) is 12.3. The topological polar surface area (TPSA) is 26.3 Å². The zero-order chi connectivity index (χ0) is 19.6. The molecule has 2 heteroatoms. The number of esters is 1. The molecular formula is C25H38O2. The van der Waals surface area contributed by atoms with Crippen molar-refractivity contribution < 1.29 is 9.53 Å². The molecule has 0 spiro atoms. The molecule has 0 N–H and O–H groups in total. The summed E-state index contributed by atoms with van der Waals surface area (Å²) in [6.45, 7) is 2.78. The molecule has 0 unspecified atom stereocenters. The minimum Gasteiger partial charge on any atom is -0.462 e. The molecule has 0 aromatic heterocycles. The number of benzene rings is 1. The summed E-state index contributed by atoms with van der Waals surface area (Å²) in [6, 6.07) is 6.98. The fourth-order valence-corrected chi connectivity index (χ4v) is 3.25. The molecule has 0 amide bonds. The molecule has 1 aromatic rings. The lowest BCUT2D eigenvalue weighted by Crippen LogP contribution is -2.06. The van der Waals surface area contributed by atoms with E-state index in [9.17, 15) is 4.79 Å². The van der Waals surface area contributed by atoms with Crippen molar-refractivity contribution in [2.45, 2.75) is 96.8 Å². The molecule has 27 heavy (non-hydrogen) atoms. The van der Waals surface area contributed by atoms with E-state index < -0.39 is 0 Å². The van der Waals surface area contributed by atoms with Crippen molar-refractivity contribution in [3.8, 4) is 12.3 Å². The molecule has 0 saturated carbocycles. The summed E-state index contributed by atoms with van der Waals surface area (Å²) in [7, 11) is 0. The van der Waals surface area contributed by atoms with Crippen molar-refractivity contribution in [1.82, 2.24) is 0 Å². The molecule has 0 aliphatic rings. The first-order valence-electron chi connectivity index (χ1n) is 11.0. The highest BCUT2D eigenvalue weighted by molar-refractivity contribution is 5.89. The van der Waals surface area contributed by atoms with Crippen molar-refractivity contribution in [1.29, 1.82) is 0 Å². The molecule has 0 atom stereocenters. The molecule has 2 nitrogen and oxygen atoms in total. The Balaban J connectivity index is 1.86. The highest BCUT2D eigenvalue weighted by Crippen LogP contribution is 2.13. The highest BCUT2D eigenvalue weighted by Gasteiger charge is 2.06. The van der Waals surface area contributed by atoms with E-state index in [2.05, 4.69) is 12.8 Å². The lowest BCUT2D eigenvalue weighted by atomic mass is 10.0. The Morgan fingerprint density at radius 2 is 1.22 bits per heavy atom. The first-order chi connectivity index (χ1) is 13.3. The van der Waals surface area contributed by atoms with Crippen LogP contribution in [0.1, 0.15) is 113 Å². The van der Waals surface area contributed by atoms with E-state index in [0.29, 0.717) is 12.2 Å². The molecule has 0 radical (unpaired) electrons. The predicted molar refractivity (Wildman–Crippen MR) is 115 cm³/mol. The lowest BCUT2D eigenvalue weighted by molar-refractivity contribution is 0.0497. The van der Waals surface area contributed by atoms with Crippen LogP contribution in [0.2, 0.25) is 0 Å². The second kappa shape index (κ2) is 16.4. The predicted octanol–water partition coefficient (Wildman–Crippen LogP) is 7.31. The zero-order valence-corrected chi connectivity index (χ0v) is 17.3. The Hall–Kier alpha value is -1.75. The van der Waals surface area contributed by atoms with Crippen molar-refractivity contribution in [3.05, 3.63) is 35.4 Å². The van der Waals surface area contributed by atoms with Crippen LogP contribution >= 0.6 is 0 Å². The highest BCUT2D eigenvalue weighted by atomic mass is 16.5. The summed E-state index contributed by atoms with van der Waals surface area (Å²) in [6.07, 6.45) is 23.9. The van der Waals surface area contributed by atoms with Crippen LogP contribution in [0.25, 0.3) is 0 Å². The van der Waals surface area contributed by atoms with Gasteiger partial charge in [0.1, 0.15) is 0 Å². The van der Waals surface area contributed by atoms with E-state index in [4.69, 9.17) is 11.2 Å². The number of carbonyl (C=O) groups is 1. The zero-order valence-electron chi connectivity index (χ0n) is 17.3. The average molecular weight is 371 g/mol. The van der Waals surface area contributed by atoms with E-state index in [0.717, 1.165) is 18.4 Å². The van der Waals surface area contributed by atoms with Gasteiger partial charge >= 0.3 is 5.97 Å². The Labute approximate surface area is 167 Å². The van der Waals surface area contributed by atoms with Crippen LogP contribution in [0.4, 0.5) is 0 Å². The van der Waals surface area contributed by atoms with Gasteiger partial charge in [-0.05, 0) is 30.7 Å². The van der Waals surface area contributed by atoms with Crippen LogP contribution in [0.15, 0.2) is 24.3 Å². The molecule has 1 rings (SSSR count). The SMILES string of the molecule is C#Cc1ccc(C(=O)OCCCCCCCCCCCCCCCC)cc1. The van der Waals surface area contributed by atoms with Gasteiger partial charge in [0.05, 0.1) is 12.2 Å². The maximum Gasteiger partial charge on any atom is 0.338 e. The summed E-state index contributed by atoms with van der Waals surface area (Å²) < 4.78 is 5.32. The van der Waals surface area contributed by atoms with E-state index in [1.807, 2.05) is 0 Å². The number of terminal acetylenes is 1. The number of rotatable bonds is 16. The number of unbranched alkanes of at least 4 members (excludes halogenated alkanes) is 13. The molecule has 0 bridgehead atoms. The van der Waals surface area contributed by atoms with Crippen LogP contribution in [0.5, 0.6) is 0 Å². The second-order valence-electron chi connectivity index (χ2n) is 7.45. The van der Waals surface area contributed by atoms with E-state index in [-0.39, 0.29) is 5.97 Å². The number of carbonyl (C=O) groups excluding carboxylic acids is 1. The third-order valence-corrected chi connectivity index (χ3v) is 5.02. The van der Waals surface area contributed by atoms with Crippen LogP contribution in [-0.2, 0) is 4.74 Å². The van der Waals surface area contributed by atoms with Crippen LogP contribution in [-0.4, -0.2) is 12.6 Å². The van der Waals surface area contributed by atoms with Crippen molar-refractivity contribution in [2.24, 2.45) is 0 Å². The Morgan fingerprint density at radius 3 is 1.67 bits per heavy atom. The van der Waals surface area contributed by atoms with Gasteiger partial charge < -0.3 is 4.74 Å². The molecule has 150 valence electrons. The summed E-state index contributed by atoms with van der Waals surface area (Å²) in [5.74, 6) is 2.28. The summed E-state index contributed by atoms with van der Waals surface area (Å²) in [5.41, 5.74) is 1.35. The molecule has 0 aliphatic carbocycles. The van der Waals surface area contributed by atoms with Gasteiger partial charge in [0.25, 0.3) is 0 Å². The molecule has 1 aromatic carbocycles. The molecule has 0 fully saturated rings. The standard InChI is InChI=1S/C25H38O2/c1-3-5-6-7-8-9-10-11-12-13-14-15-16-17-22-27-25(26)24-20-18-23(4-2)19-21-24/h2,18-21H,3,5-17,22H2,1H3. The fraction of sp³-hybridized carbons (Fsp3) is 0.640. The second-order valence-corrected chi connectivity index (χ2v) is 7.45. The maximum absolute atomic E-state index is 11.9. The Bertz CT molecular complexity index is 524. The van der Waals surface area contributed by atoms with Crippen LogP contribution in [0.3, 0.4) is 0 Å². The Morgan fingerprint density at radius 1 is 0.778 bits per heavy atom. The van der Waals surface area contributed by atoms with Crippen LogP contribution in [0, 0.1) is 12.3 Å². The van der Waals surface area contributed by atoms with Gasteiger partial charge in [-0.1, -0.05) is 96.3 Å². The van der Waals surface area contributed by atoms with Gasteiger partial charge in [-0.3, -0.25) is 0 Å². The fourth-order valence-electron chi connectivity index (χ4n) is 3.25. The first-order valence-corrected chi connectivity index (χ1v) is 11.0. The quantitative estimate of drug-likeness (QED) is 0.173. The van der Waals surface area contributed by atoms with Gasteiger partial charge in [-0.2, -0.15) is 0 Å². The van der Waals surface area contributed by atoms with Crippen molar-refractivity contribution >= 4 is 5.97 Å². The maximum atomic E-state index is 11.9. The van der Waals surface area contributed by atoms with Gasteiger partial charge in [0.15, 0.2) is 0 Å². The molecular weight excluding hydrogens is 332 g/mol. The summed E-state index contributed by atoms with van der Waals surface area (Å²) in [4.78, 5) is 11.9. The molecule has 0 saturated heterocycles. The summed E-state index contributed by atoms with van der Waals surface area (Å²) >= 11 is 0.